The van der Waals surface area contributed by atoms with Crippen LogP contribution in [0.4, 0.5) is 0 Å². The number of aromatic nitrogens is 2. The number of carbonyl (C=O) groups is 1. The molecule has 7 nitrogen and oxygen atoms in total. The van der Waals surface area contributed by atoms with Crippen molar-refractivity contribution in [2.45, 2.75) is 18.9 Å². The van der Waals surface area contributed by atoms with Crippen LogP contribution in [0, 0.1) is 0 Å². The molecule has 0 radical (unpaired) electrons. The highest BCUT2D eigenvalue weighted by Gasteiger charge is 2.08. The molecule has 1 unspecified atom stereocenters. The minimum atomic E-state index is -1.01. The van der Waals surface area contributed by atoms with Crippen LogP contribution >= 0.6 is 0 Å². The number of aliphatic hydroxyl groups is 1. The van der Waals surface area contributed by atoms with E-state index in [0.717, 1.165) is 0 Å². The summed E-state index contributed by atoms with van der Waals surface area (Å²) in [7, 11) is 0. The maximum absolute atomic E-state index is 10.2. The van der Waals surface area contributed by atoms with Gasteiger partial charge < -0.3 is 20.1 Å². The molecule has 0 saturated carbocycles. The molecule has 0 amide bonds. The van der Waals surface area contributed by atoms with Crippen molar-refractivity contribution in [2.24, 2.45) is 0 Å². The summed E-state index contributed by atoms with van der Waals surface area (Å²) in [5.74, 6) is -0.503. The Morgan fingerprint density at radius 1 is 1.67 bits per heavy atom. The average Bonchev–Trinajstić information content (AvgIpc) is 2.63. The predicted molar refractivity (Wildman–Crippen MR) is 49.1 cm³/mol. The SMILES string of the molecule is O=C(O)CC(O)CNCCc1ncno1. The van der Waals surface area contributed by atoms with Crippen molar-refractivity contribution in [3.8, 4) is 0 Å². The number of rotatable bonds is 7. The number of nitrogens with zero attached hydrogens (tertiary/aromatic N) is 2. The van der Waals surface area contributed by atoms with Gasteiger partial charge in [0, 0.05) is 19.5 Å². The molecule has 1 rings (SSSR count). The molecule has 1 aromatic heterocycles. The number of nitrogens with one attached hydrogen (secondary N) is 1. The molecular formula is C8H13N3O4. The van der Waals surface area contributed by atoms with Crippen LogP contribution in [0.1, 0.15) is 12.3 Å². The summed E-state index contributed by atoms with van der Waals surface area (Å²) < 4.78 is 4.75. The molecule has 0 aromatic carbocycles. The minimum Gasteiger partial charge on any atom is -0.481 e. The molecule has 84 valence electrons. The van der Waals surface area contributed by atoms with E-state index in [1.54, 1.807) is 0 Å². The van der Waals surface area contributed by atoms with Gasteiger partial charge in [-0.2, -0.15) is 4.98 Å². The van der Waals surface area contributed by atoms with Crippen molar-refractivity contribution in [3.63, 3.8) is 0 Å². The third-order valence-electron chi connectivity index (χ3n) is 1.71. The lowest BCUT2D eigenvalue weighted by atomic mass is 10.2. The fourth-order valence-electron chi connectivity index (χ4n) is 1.04. The summed E-state index contributed by atoms with van der Waals surface area (Å²) >= 11 is 0. The van der Waals surface area contributed by atoms with E-state index in [2.05, 4.69) is 15.5 Å². The molecule has 15 heavy (non-hydrogen) atoms. The maximum Gasteiger partial charge on any atom is 0.306 e. The van der Waals surface area contributed by atoms with Crippen molar-refractivity contribution >= 4 is 5.97 Å². The normalized spacial score (nSPS) is 12.6. The first-order valence-electron chi connectivity index (χ1n) is 4.54. The molecule has 0 aliphatic carbocycles. The van der Waals surface area contributed by atoms with Gasteiger partial charge in [-0.1, -0.05) is 5.16 Å². The van der Waals surface area contributed by atoms with Gasteiger partial charge in [-0.3, -0.25) is 4.79 Å². The molecule has 1 aromatic rings. The number of carboxylic acids is 1. The van der Waals surface area contributed by atoms with Gasteiger partial charge >= 0.3 is 5.97 Å². The highest BCUT2D eigenvalue weighted by Crippen LogP contribution is 1.92. The summed E-state index contributed by atoms with van der Waals surface area (Å²) in [4.78, 5) is 14.0. The Morgan fingerprint density at radius 2 is 2.47 bits per heavy atom. The Labute approximate surface area is 86.1 Å². The molecule has 1 atom stereocenters. The Bertz CT molecular complexity index is 288. The Balaban J connectivity index is 2.04. The molecule has 0 aliphatic rings. The van der Waals surface area contributed by atoms with Crippen LogP contribution in [0.3, 0.4) is 0 Å². The number of aliphatic hydroxyl groups excluding tert-OH is 1. The lowest BCUT2D eigenvalue weighted by Gasteiger charge is -2.08. The fourth-order valence-corrected chi connectivity index (χ4v) is 1.04. The second-order valence-corrected chi connectivity index (χ2v) is 3.04. The zero-order valence-electron chi connectivity index (χ0n) is 8.09. The molecule has 7 heteroatoms. The Kier molecular flexibility index (Phi) is 4.72. The summed E-state index contributed by atoms with van der Waals surface area (Å²) in [6.45, 7) is 0.791. The number of aliphatic carboxylic acids is 1. The molecule has 1 heterocycles. The summed E-state index contributed by atoms with van der Waals surface area (Å²) in [6.07, 6.45) is 0.743. The van der Waals surface area contributed by atoms with Crippen LogP contribution in [0.15, 0.2) is 10.9 Å². The lowest BCUT2D eigenvalue weighted by molar-refractivity contribution is -0.139. The van der Waals surface area contributed by atoms with Crippen molar-refractivity contribution in [1.82, 2.24) is 15.5 Å². The second kappa shape index (κ2) is 6.10. The van der Waals surface area contributed by atoms with Crippen molar-refractivity contribution in [2.75, 3.05) is 13.1 Å². The smallest absolute Gasteiger partial charge is 0.306 e. The van der Waals surface area contributed by atoms with Crippen LogP contribution in [0.2, 0.25) is 0 Å². The lowest BCUT2D eigenvalue weighted by Crippen LogP contribution is -2.30. The van der Waals surface area contributed by atoms with E-state index in [1.807, 2.05) is 0 Å². The van der Waals surface area contributed by atoms with E-state index < -0.39 is 12.1 Å². The third-order valence-corrected chi connectivity index (χ3v) is 1.71. The van der Waals surface area contributed by atoms with Gasteiger partial charge in [0.2, 0.25) is 5.89 Å². The Morgan fingerprint density at radius 3 is 3.07 bits per heavy atom. The van der Waals surface area contributed by atoms with E-state index >= 15 is 0 Å². The van der Waals surface area contributed by atoms with Gasteiger partial charge in [-0.05, 0) is 0 Å². The first-order chi connectivity index (χ1) is 7.18. The monoisotopic (exact) mass is 215 g/mol. The molecular weight excluding hydrogens is 202 g/mol. The number of hydrogen-bond acceptors (Lipinski definition) is 6. The van der Waals surface area contributed by atoms with Gasteiger partial charge in [0.15, 0.2) is 6.33 Å². The minimum absolute atomic E-state index is 0.237. The van der Waals surface area contributed by atoms with Crippen LogP contribution in [-0.2, 0) is 11.2 Å². The van der Waals surface area contributed by atoms with Crippen molar-refractivity contribution < 1.29 is 19.5 Å². The van der Waals surface area contributed by atoms with E-state index in [1.165, 1.54) is 6.33 Å². The van der Waals surface area contributed by atoms with Gasteiger partial charge in [0.1, 0.15) is 0 Å². The molecule has 0 fully saturated rings. The van der Waals surface area contributed by atoms with Crippen LogP contribution in [-0.4, -0.2) is 45.5 Å². The average molecular weight is 215 g/mol. The predicted octanol–water partition coefficient (Wildman–Crippen LogP) is -0.963. The molecule has 0 aliphatic heterocycles. The van der Waals surface area contributed by atoms with Crippen LogP contribution in [0.25, 0.3) is 0 Å². The standard InChI is InChI=1S/C8H13N3O4/c12-6(3-8(13)14)4-9-2-1-7-10-5-11-15-7/h5-6,9,12H,1-4H2,(H,13,14). The Hall–Kier alpha value is -1.47. The second-order valence-electron chi connectivity index (χ2n) is 3.04. The zero-order chi connectivity index (χ0) is 11.1. The van der Waals surface area contributed by atoms with Gasteiger partial charge in [0.25, 0.3) is 0 Å². The van der Waals surface area contributed by atoms with Crippen LogP contribution < -0.4 is 5.32 Å². The first kappa shape index (κ1) is 11.6. The van der Waals surface area contributed by atoms with E-state index in [9.17, 15) is 9.90 Å². The molecule has 0 bridgehead atoms. The first-order valence-corrected chi connectivity index (χ1v) is 4.54. The molecule has 0 saturated heterocycles. The zero-order valence-corrected chi connectivity index (χ0v) is 8.09. The van der Waals surface area contributed by atoms with Crippen LogP contribution in [0.5, 0.6) is 0 Å². The van der Waals surface area contributed by atoms with E-state index in [-0.39, 0.29) is 13.0 Å². The highest BCUT2D eigenvalue weighted by atomic mass is 16.5. The van der Waals surface area contributed by atoms with E-state index in [4.69, 9.17) is 9.63 Å². The summed E-state index contributed by atoms with van der Waals surface area (Å²) in [6, 6.07) is 0. The van der Waals surface area contributed by atoms with Crippen molar-refractivity contribution in [1.29, 1.82) is 0 Å². The molecule has 3 N–H and O–H groups in total. The van der Waals surface area contributed by atoms with E-state index in [0.29, 0.717) is 18.9 Å². The summed E-state index contributed by atoms with van der Waals surface area (Å²) in [5.41, 5.74) is 0. The largest absolute Gasteiger partial charge is 0.481 e. The quantitative estimate of drug-likeness (QED) is 0.502. The third kappa shape index (κ3) is 5.08. The fraction of sp³-hybridized carbons (Fsp3) is 0.625. The number of hydrogen-bond donors (Lipinski definition) is 3. The van der Waals surface area contributed by atoms with Gasteiger partial charge in [0.05, 0.1) is 12.5 Å². The maximum atomic E-state index is 10.2. The highest BCUT2D eigenvalue weighted by molar-refractivity contribution is 5.67. The van der Waals surface area contributed by atoms with Gasteiger partial charge in [-0.15, -0.1) is 0 Å². The van der Waals surface area contributed by atoms with Gasteiger partial charge in [-0.25, -0.2) is 0 Å². The summed E-state index contributed by atoms with van der Waals surface area (Å²) in [5, 5.41) is 23.9. The number of carboxylic acid groups (broad SMARTS) is 1. The van der Waals surface area contributed by atoms with Crippen molar-refractivity contribution in [3.05, 3.63) is 12.2 Å². The molecule has 0 spiro atoms. The topological polar surface area (TPSA) is 108 Å².